The average molecular weight is 373 g/mol. The number of epoxide rings is 1. The topological polar surface area (TPSA) is 21.8 Å². The van der Waals surface area contributed by atoms with Gasteiger partial charge in [-0.3, -0.25) is 0 Å². The van der Waals surface area contributed by atoms with Crippen LogP contribution in [0.3, 0.4) is 0 Å². The fraction of sp³-hybridized carbons (Fsp3) is 0.680. The molecule has 0 bridgehead atoms. The molecule has 2 nitrogen and oxygen atoms in total. The lowest BCUT2D eigenvalue weighted by atomic mass is 10.1. The highest BCUT2D eigenvalue weighted by Gasteiger charge is 2.22. The summed E-state index contributed by atoms with van der Waals surface area (Å²) >= 11 is 0. The zero-order chi connectivity index (χ0) is 19.0. The van der Waals surface area contributed by atoms with Crippen molar-refractivity contribution in [1.29, 1.82) is 0 Å². The maximum atomic E-state index is 5.68. The minimum Gasteiger partial charge on any atom is -0.491 e. The molecule has 0 radical (unpaired) electrons. The van der Waals surface area contributed by atoms with Crippen molar-refractivity contribution in [3.63, 3.8) is 0 Å². The van der Waals surface area contributed by atoms with Crippen LogP contribution in [0.5, 0.6) is 5.75 Å². The summed E-state index contributed by atoms with van der Waals surface area (Å²) in [6.07, 6.45) is 22.6. The van der Waals surface area contributed by atoms with Gasteiger partial charge in [-0.25, -0.2) is 0 Å². The van der Waals surface area contributed by atoms with Gasteiger partial charge in [0.2, 0.25) is 0 Å². The van der Waals surface area contributed by atoms with Crippen LogP contribution in [-0.2, 0) is 11.2 Å². The Morgan fingerprint density at radius 2 is 1.44 bits per heavy atom. The molecule has 0 amide bonds. The molecule has 152 valence electrons. The fourth-order valence-corrected chi connectivity index (χ4v) is 3.33. The first kappa shape index (κ1) is 22.0. The molecule has 1 aromatic carbocycles. The molecule has 0 saturated carbocycles. The van der Waals surface area contributed by atoms with Gasteiger partial charge in [0.05, 0.1) is 6.61 Å². The first-order valence-electron chi connectivity index (χ1n) is 11.4. The van der Waals surface area contributed by atoms with Crippen LogP contribution in [0.25, 0.3) is 0 Å². The van der Waals surface area contributed by atoms with Crippen molar-refractivity contribution in [2.75, 3.05) is 13.2 Å². The van der Waals surface area contributed by atoms with Crippen molar-refractivity contribution in [2.45, 2.75) is 96.5 Å². The number of rotatable bonds is 17. The second kappa shape index (κ2) is 14.7. The lowest BCUT2D eigenvalue weighted by molar-refractivity contribution is 0.263. The Kier molecular flexibility index (Phi) is 12.0. The Labute approximate surface area is 167 Å². The van der Waals surface area contributed by atoms with Gasteiger partial charge in [-0.2, -0.15) is 0 Å². The summed E-state index contributed by atoms with van der Waals surface area (Å²) in [6.45, 7) is 3.82. The molecule has 1 aliphatic heterocycles. The molecule has 1 aromatic rings. The van der Waals surface area contributed by atoms with E-state index < -0.39 is 0 Å². The van der Waals surface area contributed by atoms with Gasteiger partial charge in [0, 0.05) is 0 Å². The van der Waals surface area contributed by atoms with E-state index in [9.17, 15) is 0 Å². The number of hydrogen-bond acceptors (Lipinski definition) is 2. The predicted molar refractivity (Wildman–Crippen MR) is 116 cm³/mol. The van der Waals surface area contributed by atoms with Gasteiger partial charge in [-0.15, -0.1) is 0 Å². The van der Waals surface area contributed by atoms with Crippen LogP contribution in [0.4, 0.5) is 0 Å². The van der Waals surface area contributed by atoms with Gasteiger partial charge in [-0.1, -0.05) is 76.2 Å². The molecule has 2 heteroatoms. The standard InChI is InChI=1S/C25H40O2/c1-2-3-4-5-6-7-8-9-10-11-12-13-14-15-16-23-17-19-24(20-18-23)26-21-25-22-27-25/h10-11,17-20,25H,2-9,12-16,21-22H2,1H3/b11-10+. The van der Waals surface area contributed by atoms with Crippen molar-refractivity contribution < 1.29 is 9.47 Å². The summed E-state index contributed by atoms with van der Waals surface area (Å²) in [5, 5.41) is 0. The van der Waals surface area contributed by atoms with E-state index in [1.54, 1.807) is 0 Å². The third-order valence-electron chi connectivity index (χ3n) is 5.24. The summed E-state index contributed by atoms with van der Waals surface area (Å²) in [5.74, 6) is 0.959. The average Bonchev–Trinajstić information content (AvgIpc) is 3.52. The van der Waals surface area contributed by atoms with Crippen molar-refractivity contribution in [3.8, 4) is 5.75 Å². The van der Waals surface area contributed by atoms with Gasteiger partial charge in [0.15, 0.2) is 0 Å². The van der Waals surface area contributed by atoms with Crippen LogP contribution in [-0.4, -0.2) is 19.3 Å². The van der Waals surface area contributed by atoms with E-state index in [1.807, 2.05) is 0 Å². The zero-order valence-corrected chi connectivity index (χ0v) is 17.5. The first-order chi connectivity index (χ1) is 13.4. The molecule has 0 spiro atoms. The van der Waals surface area contributed by atoms with Gasteiger partial charge in [-0.05, 0) is 56.2 Å². The molecule has 0 aromatic heterocycles. The van der Waals surface area contributed by atoms with Gasteiger partial charge >= 0.3 is 0 Å². The first-order valence-corrected chi connectivity index (χ1v) is 11.4. The second-order valence-electron chi connectivity index (χ2n) is 7.89. The maximum Gasteiger partial charge on any atom is 0.119 e. The molecule has 2 rings (SSSR count). The van der Waals surface area contributed by atoms with Crippen LogP contribution < -0.4 is 4.74 Å². The molecular weight excluding hydrogens is 332 g/mol. The monoisotopic (exact) mass is 372 g/mol. The minimum absolute atomic E-state index is 0.328. The quantitative estimate of drug-likeness (QED) is 0.163. The van der Waals surface area contributed by atoms with Gasteiger partial charge in [0.25, 0.3) is 0 Å². The zero-order valence-electron chi connectivity index (χ0n) is 17.5. The van der Waals surface area contributed by atoms with Gasteiger partial charge < -0.3 is 9.47 Å². The van der Waals surface area contributed by atoms with E-state index in [0.717, 1.165) is 12.4 Å². The molecule has 1 atom stereocenters. The highest BCUT2D eigenvalue weighted by atomic mass is 16.6. The summed E-state index contributed by atoms with van der Waals surface area (Å²) in [7, 11) is 0. The van der Waals surface area contributed by atoms with Crippen molar-refractivity contribution in [1.82, 2.24) is 0 Å². The predicted octanol–water partition coefficient (Wildman–Crippen LogP) is 7.26. The molecule has 1 saturated heterocycles. The molecule has 0 N–H and O–H groups in total. The molecule has 1 fully saturated rings. The third kappa shape index (κ3) is 11.9. The molecule has 1 heterocycles. The number of allylic oxidation sites excluding steroid dienone is 2. The lowest BCUT2D eigenvalue weighted by Crippen LogP contribution is -2.03. The van der Waals surface area contributed by atoms with Crippen LogP contribution in [0.2, 0.25) is 0 Å². The van der Waals surface area contributed by atoms with E-state index in [4.69, 9.17) is 9.47 Å². The summed E-state index contributed by atoms with van der Waals surface area (Å²) in [5.41, 5.74) is 1.42. The molecule has 27 heavy (non-hydrogen) atoms. The smallest absolute Gasteiger partial charge is 0.119 e. The van der Waals surface area contributed by atoms with Crippen LogP contribution >= 0.6 is 0 Å². The maximum absolute atomic E-state index is 5.68. The van der Waals surface area contributed by atoms with E-state index in [2.05, 4.69) is 43.3 Å². The Morgan fingerprint density at radius 3 is 2.07 bits per heavy atom. The SMILES string of the molecule is CCCCCCCCC/C=C/CCCCCc1ccc(OCC2CO2)cc1. The number of benzene rings is 1. The van der Waals surface area contributed by atoms with E-state index in [0.29, 0.717) is 12.7 Å². The minimum atomic E-state index is 0.328. The Morgan fingerprint density at radius 1 is 0.852 bits per heavy atom. The Hall–Kier alpha value is -1.28. The second-order valence-corrected chi connectivity index (χ2v) is 7.89. The van der Waals surface area contributed by atoms with Crippen LogP contribution in [0.15, 0.2) is 36.4 Å². The molecular formula is C25H40O2. The molecule has 1 unspecified atom stereocenters. The van der Waals surface area contributed by atoms with Crippen LogP contribution in [0, 0.1) is 0 Å². The number of unbranched alkanes of at least 4 members (excludes halogenated alkanes) is 10. The summed E-state index contributed by atoms with van der Waals surface area (Å²) in [6, 6.07) is 8.57. The van der Waals surface area contributed by atoms with Crippen LogP contribution in [0.1, 0.15) is 89.5 Å². The Balaban J connectivity index is 1.37. The van der Waals surface area contributed by atoms with Crippen molar-refractivity contribution in [2.24, 2.45) is 0 Å². The molecule has 1 aliphatic rings. The Bertz CT molecular complexity index is 488. The largest absolute Gasteiger partial charge is 0.491 e. The van der Waals surface area contributed by atoms with E-state index >= 15 is 0 Å². The normalized spacial score (nSPS) is 16.1. The lowest BCUT2D eigenvalue weighted by Gasteiger charge is -2.06. The summed E-state index contributed by atoms with van der Waals surface area (Å²) in [4.78, 5) is 0. The highest BCUT2D eigenvalue weighted by Crippen LogP contribution is 2.17. The fourth-order valence-electron chi connectivity index (χ4n) is 3.33. The number of hydrogen-bond donors (Lipinski definition) is 0. The van der Waals surface area contributed by atoms with Gasteiger partial charge in [0.1, 0.15) is 18.5 Å². The van der Waals surface area contributed by atoms with Crippen molar-refractivity contribution in [3.05, 3.63) is 42.0 Å². The summed E-state index contributed by atoms with van der Waals surface area (Å²) < 4.78 is 10.8. The third-order valence-corrected chi connectivity index (χ3v) is 5.24. The molecule has 0 aliphatic carbocycles. The highest BCUT2D eigenvalue weighted by molar-refractivity contribution is 5.27. The number of ether oxygens (including phenoxy) is 2. The number of aryl methyl sites for hydroxylation is 1. The van der Waals surface area contributed by atoms with E-state index in [-0.39, 0.29) is 0 Å². The van der Waals surface area contributed by atoms with Crippen molar-refractivity contribution >= 4 is 0 Å². The van der Waals surface area contributed by atoms with E-state index in [1.165, 1.54) is 89.0 Å².